The van der Waals surface area contributed by atoms with E-state index >= 15 is 0 Å². The van der Waals surface area contributed by atoms with E-state index in [9.17, 15) is 0 Å². The van der Waals surface area contributed by atoms with E-state index in [1.165, 1.54) is 6.42 Å². The number of fused-ring (bicyclic) bond motifs is 2. The maximum absolute atomic E-state index is 3.64. The summed E-state index contributed by atoms with van der Waals surface area (Å²) >= 11 is 7.29. The Morgan fingerprint density at radius 2 is 1.27 bits per heavy atom. The van der Waals surface area contributed by atoms with Crippen molar-refractivity contribution in [2.75, 3.05) is 0 Å². The molecule has 2 rings (SSSR count). The summed E-state index contributed by atoms with van der Waals surface area (Å²) < 4.78 is 0. The second-order valence-electron chi connectivity index (χ2n) is 3.22. The van der Waals surface area contributed by atoms with Gasteiger partial charge in [0.05, 0.1) is 0 Å². The van der Waals surface area contributed by atoms with Crippen LogP contribution in [-0.4, -0.2) is 9.65 Å². The van der Waals surface area contributed by atoms with Crippen molar-refractivity contribution in [2.45, 2.75) is 16.1 Å². The Bertz CT molecular complexity index is 186. The lowest BCUT2D eigenvalue weighted by Gasteiger charge is -2.32. The van der Waals surface area contributed by atoms with Crippen molar-refractivity contribution >= 4 is 31.9 Å². The Kier molecular flexibility index (Phi) is 2.24. The van der Waals surface area contributed by atoms with Crippen molar-refractivity contribution in [2.24, 2.45) is 11.8 Å². The molecular formula is C9H10Br2. The molecule has 0 aromatic rings. The first-order chi connectivity index (χ1) is 5.27. The van der Waals surface area contributed by atoms with Crippen LogP contribution in [-0.2, 0) is 0 Å². The standard InChI is InChI=1S/C9H10Br2/c10-8-3-1-6-5-7(8)2-4-9(6)11/h1-4,6-9H,5H2/t6-,7+,8-,9-/m0/s1. The molecule has 4 atom stereocenters. The molecule has 2 bridgehead atoms. The first kappa shape index (κ1) is 8.06. The van der Waals surface area contributed by atoms with Gasteiger partial charge in [-0.3, -0.25) is 0 Å². The van der Waals surface area contributed by atoms with Crippen molar-refractivity contribution < 1.29 is 0 Å². The third kappa shape index (κ3) is 1.48. The monoisotopic (exact) mass is 276 g/mol. The molecule has 0 spiro atoms. The molecule has 0 aromatic carbocycles. The quantitative estimate of drug-likeness (QED) is 0.471. The molecule has 0 saturated heterocycles. The topological polar surface area (TPSA) is 0 Å². The van der Waals surface area contributed by atoms with E-state index < -0.39 is 0 Å². The minimum Gasteiger partial charge on any atom is -0.0839 e. The average molecular weight is 278 g/mol. The lowest BCUT2D eigenvalue weighted by molar-refractivity contribution is 0.462. The molecule has 2 aliphatic carbocycles. The molecule has 2 heteroatoms. The molecule has 0 aromatic heterocycles. The zero-order valence-corrected chi connectivity index (χ0v) is 9.25. The van der Waals surface area contributed by atoms with Crippen LogP contribution in [0.3, 0.4) is 0 Å². The molecule has 11 heavy (non-hydrogen) atoms. The summed E-state index contributed by atoms with van der Waals surface area (Å²) in [5, 5.41) is 0. The molecule has 2 aliphatic rings. The van der Waals surface area contributed by atoms with Gasteiger partial charge in [-0.15, -0.1) is 0 Å². The Morgan fingerprint density at radius 3 is 1.73 bits per heavy atom. The molecule has 0 heterocycles. The van der Waals surface area contributed by atoms with Crippen molar-refractivity contribution in [3.8, 4) is 0 Å². The SMILES string of the molecule is Br[C@H]1C=C[C@H]2C[C@H]1C=C[C@@H]2Br. The fraction of sp³-hybridized carbons (Fsp3) is 0.556. The zero-order chi connectivity index (χ0) is 7.84. The van der Waals surface area contributed by atoms with Crippen molar-refractivity contribution in [1.29, 1.82) is 0 Å². The lowest BCUT2D eigenvalue weighted by Crippen LogP contribution is -2.27. The normalized spacial score (nSPS) is 47.8. The van der Waals surface area contributed by atoms with Crippen LogP contribution in [0, 0.1) is 11.8 Å². The number of halogens is 2. The van der Waals surface area contributed by atoms with E-state index in [1.54, 1.807) is 0 Å². The van der Waals surface area contributed by atoms with E-state index in [4.69, 9.17) is 0 Å². The van der Waals surface area contributed by atoms with Gasteiger partial charge in [-0.2, -0.15) is 0 Å². The minimum absolute atomic E-state index is 0.565. The van der Waals surface area contributed by atoms with Crippen LogP contribution < -0.4 is 0 Å². The summed E-state index contributed by atoms with van der Waals surface area (Å²) in [6.45, 7) is 0. The van der Waals surface area contributed by atoms with Crippen LogP contribution in [0.1, 0.15) is 6.42 Å². The number of allylic oxidation sites excluding steroid dienone is 4. The van der Waals surface area contributed by atoms with Crippen LogP contribution in [0.2, 0.25) is 0 Å². The molecule has 0 aliphatic heterocycles. The van der Waals surface area contributed by atoms with E-state index in [0.29, 0.717) is 9.65 Å². The third-order valence-corrected chi connectivity index (χ3v) is 4.42. The van der Waals surface area contributed by atoms with Crippen LogP contribution >= 0.6 is 31.9 Å². The molecular weight excluding hydrogens is 268 g/mol. The minimum atomic E-state index is 0.565. The molecule has 0 unspecified atom stereocenters. The van der Waals surface area contributed by atoms with Gasteiger partial charge >= 0.3 is 0 Å². The van der Waals surface area contributed by atoms with Gasteiger partial charge in [0, 0.05) is 9.65 Å². The van der Waals surface area contributed by atoms with Crippen LogP contribution in [0.15, 0.2) is 24.3 Å². The highest BCUT2D eigenvalue weighted by Crippen LogP contribution is 2.37. The fourth-order valence-electron chi connectivity index (χ4n) is 1.73. The van der Waals surface area contributed by atoms with Gasteiger partial charge in [-0.25, -0.2) is 0 Å². The molecule has 0 fully saturated rings. The molecule has 0 radical (unpaired) electrons. The van der Waals surface area contributed by atoms with Gasteiger partial charge in [0.25, 0.3) is 0 Å². The van der Waals surface area contributed by atoms with E-state index in [-0.39, 0.29) is 0 Å². The molecule has 60 valence electrons. The molecule has 0 N–H and O–H groups in total. The number of hydrogen-bond acceptors (Lipinski definition) is 0. The van der Waals surface area contributed by atoms with E-state index in [2.05, 4.69) is 56.2 Å². The number of rotatable bonds is 0. The van der Waals surface area contributed by atoms with Gasteiger partial charge < -0.3 is 0 Å². The molecule has 0 saturated carbocycles. The Labute approximate surface area is 84.0 Å². The Hall–Kier alpha value is 0.440. The van der Waals surface area contributed by atoms with Crippen LogP contribution in [0.5, 0.6) is 0 Å². The Morgan fingerprint density at radius 1 is 0.818 bits per heavy atom. The predicted molar refractivity (Wildman–Crippen MR) is 55.3 cm³/mol. The maximum Gasteiger partial charge on any atom is 0.0388 e. The highest BCUT2D eigenvalue weighted by atomic mass is 79.9. The summed E-state index contributed by atoms with van der Waals surface area (Å²) in [6.07, 6.45) is 10.5. The van der Waals surface area contributed by atoms with Crippen molar-refractivity contribution in [3.63, 3.8) is 0 Å². The third-order valence-electron chi connectivity index (χ3n) is 2.45. The fourth-order valence-corrected chi connectivity index (χ4v) is 2.86. The van der Waals surface area contributed by atoms with Gasteiger partial charge in [0.2, 0.25) is 0 Å². The first-order valence-corrected chi connectivity index (χ1v) is 5.75. The highest BCUT2D eigenvalue weighted by molar-refractivity contribution is 9.10. The molecule has 0 amide bonds. The maximum atomic E-state index is 3.64. The summed E-state index contributed by atoms with van der Waals surface area (Å²) in [5.41, 5.74) is 0. The van der Waals surface area contributed by atoms with E-state index in [1.807, 2.05) is 0 Å². The summed E-state index contributed by atoms with van der Waals surface area (Å²) in [7, 11) is 0. The van der Waals surface area contributed by atoms with E-state index in [0.717, 1.165) is 11.8 Å². The average Bonchev–Trinajstić information content (AvgIpc) is 2.02. The summed E-state index contributed by atoms with van der Waals surface area (Å²) in [6, 6.07) is 0. The van der Waals surface area contributed by atoms with Crippen LogP contribution in [0.25, 0.3) is 0 Å². The smallest absolute Gasteiger partial charge is 0.0388 e. The van der Waals surface area contributed by atoms with Gasteiger partial charge in [0.1, 0.15) is 0 Å². The number of alkyl halides is 2. The second-order valence-corrected chi connectivity index (χ2v) is 5.34. The highest BCUT2D eigenvalue weighted by Gasteiger charge is 2.29. The van der Waals surface area contributed by atoms with Crippen molar-refractivity contribution in [3.05, 3.63) is 24.3 Å². The predicted octanol–water partition coefficient (Wildman–Crippen LogP) is 3.28. The van der Waals surface area contributed by atoms with Gasteiger partial charge in [-0.1, -0.05) is 56.2 Å². The van der Waals surface area contributed by atoms with Gasteiger partial charge in [0.15, 0.2) is 0 Å². The number of hydrogen-bond donors (Lipinski definition) is 0. The lowest BCUT2D eigenvalue weighted by atomic mass is 9.80. The zero-order valence-electron chi connectivity index (χ0n) is 6.08. The van der Waals surface area contributed by atoms with Crippen molar-refractivity contribution in [1.82, 2.24) is 0 Å². The summed E-state index contributed by atoms with van der Waals surface area (Å²) in [5.74, 6) is 1.44. The second kappa shape index (κ2) is 3.06. The first-order valence-electron chi connectivity index (χ1n) is 3.92. The van der Waals surface area contributed by atoms with Crippen LogP contribution in [0.4, 0.5) is 0 Å². The van der Waals surface area contributed by atoms with Gasteiger partial charge in [-0.05, 0) is 18.3 Å². The Balaban J connectivity index is 2.24. The summed E-state index contributed by atoms with van der Waals surface area (Å²) in [4.78, 5) is 1.13. The molecule has 0 nitrogen and oxygen atoms in total. The largest absolute Gasteiger partial charge is 0.0839 e.